The molecule has 0 amide bonds. The number of hydrogen-bond donors (Lipinski definition) is 0. The van der Waals surface area contributed by atoms with Gasteiger partial charge >= 0.3 is 0 Å². The van der Waals surface area contributed by atoms with E-state index in [-0.39, 0.29) is 5.41 Å². The Labute approximate surface area is 86.6 Å². The molecule has 0 N–H and O–H groups in total. The van der Waals surface area contributed by atoms with Gasteiger partial charge in [-0.15, -0.1) is 0 Å². The number of methoxy groups -OCH3 is 1. The molecule has 1 rings (SSSR count). The lowest BCUT2D eigenvalue weighted by atomic mass is 9.69. The molecule has 2 nitrogen and oxygen atoms in total. The zero-order chi connectivity index (χ0) is 10.4. The van der Waals surface area contributed by atoms with Crippen molar-refractivity contribution < 1.29 is 4.74 Å². The van der Waals surface area contributed by atoms with Crippen molar-refractivity contribution >= 4 is 0 Å². The number of nitriles is 1. The highest BCUT2D eigenvalue weighted by Crippen LogP contribution is 2.43. The second kappa shape index (κ2) is 5.05. The SMILES string of the molecule is CO/C=C1\CCCC[C@]1(C)CCC#N. The van der Waals surface area contributed by atoms with E-state index in [0.29, 0.717) is 6.42 Å². The zero-order valence-electron chi connectivity index (χ0n) is 9.18. The molecule has 0 radical (unpaired) electrons. The van der Waals surface area contributed by atoms with E-state index in [9.17, 15) is 0 Å². The molecular formula is C12H19NO. The van der Waals surface area contributed by atoms with Crippen LogP contribution in [0.5, 0.6) is 0 Å². The summed E-state index contributed by atoms with van der Waals surface area (Å²) in [6.45, 7) is 2.26. The third kappa shape index (κ3) is 2.51. The highest BCUT2D eigenvalue weighted by Gasteiger charge is 2.31. The topological polar surface area (TPSA) is 33.0 Å². The Hall–Kier alpha value is -0.970. The first kappa shape index (κ1) is 11.1. The molecule has 1 atom stereocenters. The summed E-state index contributed by atoms with van der Waals surface area (Å²) in [6, 6.07) is 2.23. The van der Waals surface area contributed by atoms with Crippen molar-refractivity contribution in [3.8, 4) is 6.07 Å². The van der Waals surface area contributed by atoms with Gasteiger partial charge in [0.1, 0.15) is 0 Å². The highest BCUT2D eigenvalue weighted by molar-refractivity contribution is 5.14. The Morgan fingerprint density at radius 1 is 1.57 bits per heavy atom. The van der Waals surface area contributed by atoms with Crippen LogP contribution in [-0.2, 0) is 4.74 Å². The van der Waals surface area contributed by atoms with E-state index >= 15 is 0 Å². The van der Waals surface area contributed by atoms with Crippen LogP contribution in [0.3, 0.4) is 0 Å². The Balaban J connectivity index is 2.70. The maximum Gasteiger partial charge on any atom is 0.0822 e. The van der Waals surface area contributed by atoms with Crippen LogP contribution in [0.25, 0.3) is 0 Å². The van der Waals surface area contributed by atoms with Crippen LogP contribution in [0.2, 0.25) is 0 Å². The zero-order valence-corrected chi connectivity index (χ0v) is 9.18. The molecule has 0 spiro atoms. The number of nitrogens with zero attached hydrogens (tertiary/aromatic N) is 1. The molecule has 0 saturated heterocycles. The van der Waals surface area contributed by atoms with Crippen LogP contribution >= 0.6 is 0 Å². The van der Waals surface area contributed by atoms with Gasteiger partial charge in [0.15, 0.2) is 0 Å². The van der Waals surface area contributed by atoms with Crippen molar-refractivity contribution in [2.75, 3.05) is 7.11 Å². The summed E-state index contributed by atoms with van der Waals surface area (Å²) in [7, 11) is 1.70. The van der Waals surface area contributed by atoms with Gasteiger partial charge in [-0.05, 0) is 36.7 Å². The monoisotopic (exact) mass is 193 g/mol. The second-order valence-corrected chi connectivity index (χ2v) is 4.30. The molecule has 2 heteroatoms. The second-order valence-electron chi connectivity index (χ2n) is 4.30. The molecule has 78 valence electrons. The molecule has 0 aromatic heterocycles. The lowest BCUT2D eigenvalue weighted by Gasteiger charge is -2.35. The van der Waals surface area contributed by atoms with Crippen LogP contribution in [0, 0.1) is 16.7 Å². The van der Waals surface area contributed by atoms with Gasteiger partial charge < -0.3 is 4.74 Å². The normalized spacial score (nSPS) is 29.9. The maximum absolute atomic E-state index is 8.63. The van der Waals surface area contributed by atoms with Crippen molar-refractivity contribution in [2.24, 2.45) is 5.41 Å². The fourth-order valence-electron chi connectivity index (χ4n) is 2.25. The third-order valence-electron chi connectivity index (χ3n) is 3.25. The van der Waals surface area contributed by atoms with E-state index in [1.165, 1.54) is 24.8 Å². The molecule has 0 unspecified atom stereocenters. The molecule has 14 heavy (non-hydrogen) atoms. The quantitative estimate of drug-likeness (QED) is 0.643. The third-order valence-corrected chi connectivity index (χ3v) is 3.25. The molecule has 1 saturated carbocycles. The number of hydrogen-bond acceptors (Lipinski definition) is 2. The lowest BCUT2D eigenvalue weighted by molar-refractivity contribution is 0.255. The first-order valence-corrected chi connectivity index (χ1v) is 5.32. The average Bonchev–Trinajstić information content (AvgIpc) is 2.19. The van der Waals surface area contributed by atoms with Crippen LogP contribution in [0.15, 0.2) is 11.8 Å². The molecule has 1 fully saturated rings. The van der Waals surface area contributed by atoms with Gasteiger partial charge in [-0.2, -0.15) is 5.26 Å². The number of rotatable bonds is 3. The summed E-state index contributed by atoms with van der Waals surface area (Å²) in [5, 5.41) is 8.63. The van der Waals surface area contributed by atoms with E-state index in [1.807, 2.05) is 6.26 Å². The van der Waals surface area contributed by atoms with Gasteiger partial charge in [-0.25, -0.2) is 0 Å². The predicted molar refractivity (Wildman–Crippen MR) is 56.5 cm³/mol. The molecule has 0 aromatic rings. The summed E-state index contributed by atoms with van der Waals surface area (Å²) in [5.41, 5.74) is 1.60. The van der Waals surface area contributed by atoms with E-state index < -0.39 is 0 Å². The summed E-state index contributed by atoms with van der Waals surface area (Å²) >= 11 is 0. The largest absolute Gasteiger partial charge is 0.504 e. The summed E-state index contributed by atoms with van der Waals surface area (Å²) < 4.78 is 5.11. The average molecular weight is 193 g/mol. The van der Waals surface area contributed by atoms with Crippen molar-refractivity contribution in [1.82, 2.24) is 0 Å². The molecule has 0 aromatic carbocycles. The molecule has 1 aliphatic carbocycles. The fourth-order valence-corrected chi connectivity index (χ4v) is 2.25. The smallest absolute Gasteiger partial charge is 0.0822 e. The molecule has 1 aliphatic rings. The highest BCUT2D eigenvalue weighted by atomic mass is 16.5. The minimum Gasteiger partial charge on any atom is -0.504 e. The first-order valence-electron chi connectivity index (χ1n) is 5.32. The maximum atomic E-state index is 8.63. The standard InChI is InChI=1S/C12H19NO/c1-12(8-5-9-13)7-4-3-6-11(12)10-14-2/h10H,3-8H2,1-2H3/b11-10+/t12-/m1/s1. The van der Waals surface area contributed by atoms with Crippen LogP contribution in [0.4, 0.5) is 0 Å². The predicted octanol–water partition coefficient (Wildman–Crippen LogP) is 3.40. The van der Waals surface area contributed by atoms with E-state index in [0.717, 1.165) is 12.8 Å². The Kier molecular flexibility index (Phi) is 4.00. The van der Waals surface area contributed by atoms with Crippen LogP contribution < -0.4 is 0 Å². The van der Waals surface area contributed by atoms with Gasteiger partial charge in [0, 0.05) is 6.42 Å². The van der Waals surface area contributed by atoms with Crippen molar-refractivity contribution in [2.45, 2.75) is 45.4 Å². The van der Waals surface area contributed by atoms with Gasteiger partial charge in [-0.3, -0.25) is 0 Å². The van der Waals surface area contributed by atoms with Crippen molar-refractivity contribution in [3.63, 3.8) is 0 Å². The molecule has 0 heterocycles. The minimum absolute atomic E-state index is 0.212. The van der Waals surface area contributed by atoms with Crippen molar-refractivity contribution in [1.29, 1.82) is 5.26 Å². The molecule has 0 bridgehead atoms. The van der Waals surface area contributed by atoms with Gasteiger partial charge in [0.25, 0.3) is 0 Å². The lowest BCUT2D eigenvalue weighted by Crippen LogP contribution is -2.23. The Morgan fingerprint density at radius 2 is 2.36 bits per heavy atom. The fraction of sp³-hybridized carbons (Fsp3) is 0.750. The van der Waals surface area contributed by atoms with E-state index in [4.69, 9.17) is 10.00 Å². The van der Waals surface area contributed by atoms with E-state index in [2.05, 4.69) is 13.0 Å². The Bertz CT molecular complexity index is 252. The number of ether oxygens (including phenoxy) is 1. The van der Waals surface area contributed by atoms with Gasteiger partial charge in [-0.1, -0.05) is 13.3 Å². The van der Waals surface area contributed by atoms with Crippen LogP contribution in [0.1, 0.15) is 45.4 Å². The van der Waals surface area contributed by atoms with Crippen LogP contribution in [-0.4, -0.2) is 7.11 Å². The molecule has 0 aliphatic heterocycles. The van der Waals surface area contributed by atoms with Crippen molar-refractivity contribution in [3.05, 3.63) is 11.8 Å². The first-order chi connectivity index (χ1) is 6.73. The summed E-state index contributed by atoms with van der Waals surface area (Å²) in [5.74, 6) is 0. The van der Waals surface area contributed by atoms with E-state index in [1.54, 1.807) is 7.11 Å². The van der Waals surface area contributed by atoms with Gasteiger partial charge in [0.05, 0.1) is 19.4 Å². The van der Waals surface area contributed by atoms with Gasteiger partial charge in [0.2, 0.25) is 0 Å². The number of allylic oxidation sites excluding steroid dienone is 1. The summed E-state index contributed by atoms with van der Waals surface area (Å²) in [4.78, 5) is 0. The Morgan fingerprint density at radius 3 is 3.00 bits per heavy atom. The minimum atomic E-state index is 0.212. The summed E-state index contributed by atoms with van der Waals surface area (Å²) in [6.07, 6.45) is 8.38. The molecular weight excluding hydrogens is 174 g/mol.